The average molecular weight is 455 g/mol. The zero-order valence-electron chi connectivity index (χ0n) is 16.7. The number of nitrogens with zero attached hydrogens (tertiary/aromatic N) is 1. The summed E-state index contributed by atoms with van der Waals surface area (Å²) in [4.78, 5) is 27.9. The summed E-state index contributed by atoms with van der Waals surface area (Å²) in [5.41, 5.74) is 0.0211. The number of rotatable bonds is 11. The van der Waals surface area contributed by atoms with E-state index in [0.29, 0.717) is 0 Å². The van der Waals surface area contributed by atoms with Crippen LogP contribution in [0.5, 0.6) is 5.75 Å². The van der Waals surface area contributed by atoms with Gasteiger partial charge >= 0.3 is 12.1 Å². The van der Waals surface area contributed by atoms with Gasteiger partial charge in [-0.25, -0.2) is 22.8 Å². The molecule has 0 radical (unpaired) electrons. The van der Waals surface area contributed by atoms with Gasteiger partial charge in [-0.15, -0.1) is 0 Å². The summed E-state index contributed by atoms with van der Waals surface area (Å²) in [5.74, 6) is -0.586. The number of anilines is 1. The summed E-state index contributed by atoms with van der Waals surface area (Å²) >= 11 is 5.21. The first-order valence-corrected chi connectivity index (χ1v) is 9.34. The molecule has 0 aliphatic rings. The van der Waals surface area contributed by atoms with Crippen molar-refractivity contribution in [3.63, 3.8) is 0 Å². The lowest BCUT2D eigenvalue weighted by atomic mass is 10.3. The lowest BCUT2D eigenvalue weighted by Gasteiger charge is -2.26. The highest BCUT2D eigenvalue weighted by molar-refractivity contribution is 7.80. The minimum absolute atomic E-state index is 0.0578. The highest BCUT2D eigenvalue weighted by Gasteiger charge is 2.28. The van der Waals surface area contributed by atoms with E-state index in [0.717, 1.165) is 0 Å². The average Bonchev–Trinajstić information content (AvgIpc) is 3.11. The molecule has 1 amide bonds. The van der Waals surface area contributed by atoms with E-state index in [9.17, 15) is 22.8 Å². The number of hydrogen-bond acceptors (Lipinski definition) is 7. The number of nitrogens with one attached hydrogen (secondary N) is 2. The van der Waals surface area contributed by atoms with E-state index in [1.165, 1.54) is 18.2 Å². The number of methoxy groups -OCH3 is 1. The molecule has 0 saturated carbocycles. The number of aromatic nitrogens is 1. The first-order valence-electron chi connectivity index (χ1n) is 8.94. The van der Waals surface area contributed by atoms with Crippen molar-refractivity contribution in [2.75, 3.05) is 45.0 Å². The molecule has 1 atom stereocenters. The summed E-state index contributed by atoms with van der Waals surface area (Å²) in [6.45, 7) is 1.34. The number of carbonyl (C=O) groups excluding carboxylic acids is 2. The lowest BCUT2D eigenvalue weighted by Crippen LogP contribution is -2.45. The Morgan fingerprint density at radius 1 is 1.27 bits per heavy atom. The van der Waals surface area contributed by atoms with Gasteiger partial charge in [-0.3, -0.25) is 5.32 Å². The maximum Gasteiger partial charge on any atom is 0.413 e. The van der Waals surface area contributed by atoms with Gasteiger partial charge in [0, 0.05) is 12.7 Å². The summed E-state index contributed by atoms with van der Waals surface area (Å²) in [7, 11) is 1.33. The van der Waals surface area contributed by atoms with Gasteiger partial charge in [0.25, 0.3) is 6.43 Å². The van der Waals surface area contributed by atoms with Crippen LogP contribution < -0.4 is 15.0 Å². The minimum Gasteiger partial charge on any atom is -0.493 e. The molecule has 0 aromatic carbocycles. The second-order valence-electron chi connectivity index (χ2n) is 5.50. The quantitative estimate of drug-likeness (QED) is 0.388. The zero-order valence-corrected chi connectivity index (χ0v) is 17.5. The molecule has 170 valence electrons. The molecule has 9 nitrogen and oxygen atoms in total. The van der Waals surface area contributed by atoms with Crippen molar-refractivity contribution in [2.24, 2.45) is 0 Å². The van der Waals surface area contributed by atoms with Gasteiger partial charge in [-0.05, 0) is 26.1 Å². The third-order valence-electron chi connectivity index (χ3n) is 3.60. The summed E-state index contributed by atoms with van der Waals surface area (Å²) in [5, 5.41) is 2.06. The van der Waals surface area contributed by atoms with Gasteiger partial charge in [0.2, 0.25) is 0 Å². The fourth-order valence-corrected chi connectivity index (χ4v) is 2.56. The van der Waals surface area contributed by atoms with E-state index in [-0.39, 0.29) is 42.0 Å². The van der Waals surface area contributed by atoms with Crippen molar-refractivity contribution in [1.29, 1.82) is 0 Å². The second kappa shape index (κ2) is 12.9. The molecule has 1 aromatic rings. The molecular weight excluding hydrogens is 431 g/mol. The van der Waals surface area contributed by atoms with Crippen molar-refractivity contribution < 1.29 is 41.7 Å². The Kier molecular flexibility index (Phi) is 11.0. The van der Waals surface area contributed by atoms with Crippen LogP contribution in [0.4, 0.5) is 23.7 Å². The van der Waals surface area contributed by atoms with Crippen molar-refractivity contribution in [3.05, 3.63) is 11.9 Å². The van der Waals surface area contributed by atoms with E-state index in [4.69, 9.17) is 31.2 Å². The van der Waals surface area contributed by atoms with E-state index in [1.807, 2.05) is 0 Å². The molecule has 13 heteroatoms. The molecule has 1 rings (SSSR count). The normalized spacial score (nSPS) is 11.7. The third-order valence-corrected chi connectivity index (χ3v) is 3.92. The maximum atomic E-state index is 12.7. The van der Waals surface area contributed by atoms with Crippen LogP contribution in [0.2, 0.25) is 0 Å². The maximum absolute atomic E-state index is 12.7. The molecule has 0 spiro atoms. The van der Waals surface area contributed by atoms with Crippen LogP contribution in [0.25, 0.3) is 0 Å². The number of hydrogen-bond donors (Lipinski definition) is 2. The third kappa shape index (κ3) is 7.06. The van der Waals surface area contributed by atoms with Crippen LogP contribution in [0.3, 0.4) is 0 Å². The Bertz CT molecular complexity index is 719. The molecular formula is C17H24F3N3O6S. The summed E-state index contributed by atoms with van der Waals surface area (Å²) < 4.78 is 58.0. The van der Waals surface area contributed by atoms with E-state index < -0.39 is 37.9 Å². The standard InChI is InChI=1S/C17H24F3N3O6S/c1-4-27-15(24)12-13(11(26-3)9-21-12)23(16(30)22-17(25)28-5-2)6-7-29-10(8-18)14(19)20/h9-10,14,21H,4-8H2,1-3H3,(H,22,25,30). The molecule has 0 aliphatic carbocycles. The number of thiocarbonyl (C=S) groups is 1. The monoisotopic (exact) mass is 455 g/mol. The number of amides is 1. The number of halogens is 3. The van der Waals surface area contributed by atoms with Gasteiger partial charge in [-0.1, -0.05) is 0 Å². The highest BCUT2D eigenvalue weighted by atomic mass is 32.1. The van der Waals surface area contributed by atoms with Gasteiger partial charge in [-0.2, -0.15) is 0 Å². The van der Waals surface area contributed by atoms with Crippen LogP contribution in [0, 0.1) is 0 Å². The topological polar surface area (TPSA) is 102 Å². The molecule has 0 saturated heterocycles. The predicted octanol–water partition coefficient (Wildman–Crippen LogP) is 2.66. The zero-order chi connectivity index (χ0) is 22.7. The largest absolute Gasteiger partial charge is 0.493 e. The van der Waals surface area contributed by atoms with Crippen LogP contribution >= 0.6 is 12.2 Å². The molecule has 1 aromatic heterocycles. The predicted molar refractivity (Wildman–Crippen MR) is 105 cm³/mol. The first kappa shape index (κ1) is 25.5. The van der Waals surface area contributed by atoms with Crippen LogP contribution in [-0.2, 0) is 14.2 Å². The SMILES string of the molecule is CCOC(=O)NC(=S)N(CCOC(CF)C(F)F)c1c(OC)c[nH]c1C(=O)OCC. The van der Waals surface area contributed by atoms with Crippen molar-refractivity contribution in [3.8, 4) is 5.75 Å². The van der Waals surface area contributed by atoms with E-state index in [1.54, 1.807) is 13.8 Å². The van der Waals surface area contributed by atoms with Crippen LogP contribution in [-0.4, -0.2) is 74.8 Å². The smallest absolute Gasteiger partial charge is 0.413 e. The summed E-state index contributed by atoms with van der Waals surface area (Å²) in [6.07, 6.45) is -4.46. The summed E-state index contributed by atoms with van der Waals surface area (Å²) in [6, 6.07) is 0. The molecule has 2 N–H and O–H groups in total. The number of carbonyl (C=O) groups is 2. The molecule has 0 aliphatic heterocycles. The van der Waals surface area contributed by atoms with E-state index >= 15 is 0 Å². The number of esters is 1. The van der Waals surface area contributed by atoms with Gasteiger partial charge < -0.3 is 28.8 Å². The van der Waals surface area contributed by atoms with Gasteiger partial charge in [0.05, 0.1) is 26.9 Å². The van der Waals surface area contributed by atoms with Crippen LogP contribution in [0.1, 0.15) is 24.3 Å². The lowest BCUT2D eigenvalue weighted by molar-refractivity contribution is -0.0628. The second-order valence-corrected chi connectivity index (χ2v) is 5.89. The molecule has 30 heavy (non-hydrogen) atoms. The Hall–Kier alpha value is -2.54. The fraction of sp³-hybridized carbons (Fsp3) is 0.588. The number of aromatic amines is 1. The van der Waals surface area contributed by atoms with E-state index in [2.05, 4.69) is 10.3 Å². The Morgan fingerprint density at radius 3 is 2.47 bits per heavy atom. The molecule has 0 fully saturated rings. The highest BCUT2D eigenvalue weighted by Crippen LogP contribution is 2.33. The van der Waals surface area contributed by atoms with Crippen LogP contribution in [0.15, 0.2) is 6.20 Å². The molecule has 0 bridgehead atoms. The Labute approximate surface area is 176 Å². The Balaban J connectivity index is 3.19. The first-order chi connectivity index (χ1) is 14.3. The molecule has 1 heterocycles. The van der Waals surface area contributed by atoms with Crippen molar-refractivity contribution in [1.82, 2.24) is 10.3 Å². The van der Waals surface area contributed by atoms with Crippen molar-refractivity contribution >= 4 is 35.1 Å². The number of ether oxygens (including phenoxy) is 4. The number of alkyl halides is 3. The molecule has 1 unspecified atom stereocenters. The number of alkyl carbamates (subject to hydrolysis) is 1. The Morgan fingerprint density at radius 2 is 1.93 bits per heavy atom. The van der Waals surface area contributed by atoms with Gasteiger partial charge in [0.1, 0.15) is 18.5 Å². The minimum atomic E-state index is -3.02. The van der Waals surface area contributed by atoms with Crippen molar-refractivity contribution in [2.45, 2.75) is 26.4 Å². The van der Waals surface area contributed by atoms with Gasteiger partial charge in [0.15, 0.2) is 16.6 Å². The fourth-order valence-electron chi connectivity index (χ4n) is 2.30. The number of H-pyrrole nitrogens is 1.